The maximum absolute atomic E-state index is 13.6. The van der Waals surface area contributed by atoms with Gasteiger partial charge in [0.1, 0.15) is 5.82 Å². The summed E-state index contributed by atoms with van der Waals surface area (Å²) in [6, 6.07) is 6.91. The molecule has 1 amide bonds. The number of benzene rings is 1. The number of nitrogens with one attached hydrogen (secondary N) is 2. The second-order valence-corrected chi connectivity index (χ2v) is 8.53. The summed E-state index contributed by atoms with van der Waals surface area (Å²) in [6.45, 7) is 4.02. The first-order valence-electron chi connectivity index (χ1n) is 10.4. The van der Waals surface area contributed by atoms with E-state index in [9.17, 15) is 9.18 Å². The minimum absolute atomic E-state index is 0.0111. The molecule has 3 rings (SSSR count). The molecule has 0 heterocycles. The summed E-state index contributed by atoms with van der Waals surface area (Å²) >= 11 is 0. The summed E-state index contributed by atoms with van der Waals surface area (Å²) in [5.41, 5.74) is 0.667. The number of carbonyl (C=O) groups is 1. The van der Waals surface area contributed by atoms with Crippen molar-refractivity contribution in [3.8, 4) is 0 Å². The fourth-order valence-corrected chi connectivity index (χ4v) is 4.33. The fourth-order valence-electron chi connectivity index (χ4n) is 4.33. The zero-order valence-corrected chi connectivity index (χ0v) is 17.4. The number of amides is 1. The van der Waals surface area contributed by atoms with Gasteiger partial charge in [-0.25, -0.2) is 4.39 Å². The van der Waals surface area contributed by atoms with E-state index < -0.39 is 0 Å². The minimum atomic E-state index is -0.369. The SMILES string of the molecule is CCNC(=NCC1(C(=O)N(C)C)CCCC1)NCC1(c2cccc(F)c2)CC1. The van der Waals surface area contributed by atoms with Crippen LogP contribution in [0, 0.1) is 11.2 Å². The van der Waals surface area contributed by atoms with Gasteiger partial charge in [0.05, 0.1) is 12.0 Å². The Labute approximate surface area is 167 Å². The molecular formula is C22H33FN4O. The summed E-state index contributed by atoms with van der Waals surface area (Å²) in [7, 11) is 3.65. The van der Waals surface area contributed by atoms with Gasteiger partial charge < -0.3 is 15.5 Å². The molecule has 0 spiro atoms. The van der Waals surface area contributed by atoms with Gasteiger partial charge in [0.15, 0.2) is 5.96 Å². The molecular weight excluding hydrogens is 355 g/mol. The zero-order valence-electron chi connectivity index (χ0n) is 17.4. The highest BCUT2D eigenvalue weighted by Gasteiger charge is 2.45. The van der Waals surface area contributed by atoms with Gasteiger partial charge in [-0.05, 0) is 50.3 Å². The van der Waals surface area contributed by atoms with Gasteiger partial charge in [-0.2, -0.15) is 0 Å². The van der Waals surface area contributed by atoms with Crippen LogP contribution in [0.3, 0.4) is 0 Å². The molecule has 154 valence electrons. The van der Waals surface area contributed by atoms with Crippen LogP contribution in [0.4, 0.5) is 4.39 Å². The maximum Gasteiger partial charge on any atom is 0.230 e. The first-order chi connectivity index (χ1) is 13.4. The summed E-state index contributed by atoms with van der Waals surface area (Å²) in [5, 5.41) is 6.74. The Balaban J connectivity index is 1.68. The van der Waals surface area contributed by atoms with E-state index >= 15 is 0 Å². The number of rotatable bonds is 7. The van der Waals surface area contributed by atoms with Crippen LogP contribution in [0.25, 0.3) is 0 Å². The molecule has 0 aliphatic heterocycles. The average molecular weight is 389 g/mol. The normalized spacial score (nSPS) is 19.9. The van der Waals surface area contributed by atoms with Crippen molar-refractivity contribution in [2.45, 2.75) is 50.9 Å². The van der Waals surface area contributed by atoms with E-state index in [1.165, 1.54) is 6.07 Å². The molecule has 2 saturated carbocycles. The third-order valence-electron chi connectivity index (χ3n) is 6.19. The molecule has 1 aromatic rings. The Bertz CT molecular complexity index is 721. The standard InChI is InChI=1S/C22H33FN4O/c1-4-24-20(26-16-22(10-5-6-11-22)19(28)27(2)3)25-15-21(12-13-21)17-8-7-9-18(23)14-17/h7-9,14H,4-6,10-13,15-16H2,1-3H3,(H2,24,25,26). The Kier molecular flexibility index (Phi) is 6.26. The van der Waals surface area contributed by atoms with Crippen molar-refractivity contribution in [3.63, 3.8) is 0 Å². The van der Waals surface area contributed by atoms with Crippen LogP contribution < -0.4 is 10.6 Å². The van der Waals surface area contributed by atoms with Crippen LogP contribution >= 0.6 is 0 Å². The van der Waals surface area contributed by atoms with Gasteiger partial charge in [0.2, 0.25) is 5.91 Å². The lowest BCUT2D eigenvalue weighted by Gasteiger charge is -2.29. The highest BCUT2D eigenvalue weighted by atomic mass is 19.1. The van der Waals surface area contributed by atoms with Gasteiger partial charge in [0.25, 0.3) is 0 Å². The van der Waals surface area contributed by atoms with E-state index in [4.69, 9.17) is 4.99 Å². The number of hydrogen-bond acceptors (Lipinski definition) is 2. The van der Waals surface area contributed by atoms with Crippen molar-refractivity contribution in [1.82, 2.24) is 15.5 Å². The van der Waals surface area contributed by atoms with E-state index in [0.717, 1.165) is 63.1 Å². The lowest BCUT2D eigenvalue weighted by atomic mass is 9.85. The molecule has 6 heteroatoms. The molecule has 2 aliphatic carbocycles. The van der Waals surface area contributed by atoms with Crippen molar-refractivity contribution in [2.75, 3.05) is 33.7 Å². The summed E-state index contributed by atoms with van der Waals surface area (Å²) in [6.07, 6.45) is 6.07. The average Bonchev–Trinajstić information content (AvgIpc) is 3.32. The van der Waals surface area contributed by atoms with Gasteiger partial charge in [-0.3, -0.25) is 9.79 Å². The van der Waals surface area contributed by atoms with E-state index in [1.54, 1.807) is 17.0 Å². The van der Waals surface area contributed by atoms with Crippen molar-refractivity contribution < 1.29 is 9.18 Å². The second-order valence-electron chi connectivity index (χ2n) is 8.53. The highest BCUT2D eigenvalue weighted by molar-refractivity contribution is 5.84. The van der Waals surface area contributed by atoms with E-state index in [0.29, 0.717) is 6.54 Å². The van der Waals surface area contributed by atoms with E-state index in [1.807, 2.05) is 27.1 Å². The number of nitrogens with zero attached hydrogens (tertiary/aromatic N) is 2. The molecule has 1 aromatic carbocycles. The molecule has 0 radical (unpaired) electrons. The van der Waals surface area contributed by atoms with Gasteiger partial charge in [0, 0.05) is 32.6 Å². The van der Waals surface area contributed by atoms with Crippen molar-refractivity contribution in [1.29, 1.82) is 0 Å². The van der Waals surface area contributed by atoms with Gasteiger partial charge in [-0.15, -0.1) is 0 Å². The largest absolute Gasteiger partial charge is 0.357 e. The van der Waals surface area contributed by atoms with Crippen LogP contribution in [-0.2, 0) is 10.2 Å². The monoisotopic (exact) mass is 388 g/mol. The Morgan fingerprint density at radius 1 is 1.18 bits per heavy atom. The Morgan fingerprint density at radius 3 is 2.46 bits per heavy atom. The van der Waals surface area contributed by atoms with Crippen LogP contribution in [0.2, 0.25) is 0 Å². The molecule has 0 atom stereocenters. The van der Waals surface area contributed by atoms with Crippen LogP contribution in [-0.4, -0.2) is 50.5 Å². The van der Waals surface area contributed by atoms with Crippen LogP contribution in [0.15, 0.2) is 29.3 Å². The molecule has 0 bridgehead atoms. The summed E-state index contributed by atoms with van der Waals surface area (Å²) in [4.78, 5) is 19.2. The molecule has 2 aliphatic rings. The molecule has 0 unspecified atom stereocenters. The molecule has 0 aromatic heterocycles. The Morgan fingerprint density at radius 2 is 1.89 bits per heavy atom. The van der Waals surface area contributed by atoms with E-state index in [2.05, 4.69) is 10.6 Å². The van der Waals surface area contributed by atoms with Crippen LogP contribution in [0.5, 0.6) is 0 Å². The lowest BCUT2D eigenvalue weighted by molar-refractivity contribution is -0.138. The van der Waals surface area contributed by atoms with Crippen molar-refractivity contribution >= 4 is 11.9 Å². The third kappa shape index (κ3) is 4.47. The first kappa shape index (κ1) is 20.6. The number of aliphatic imine (C=N–C) groups is 1. The second kappa shape index (κ2) is 8.50. The Hall–Kier alpha value is -2.11. The van der Waals surface area contributed by atoms with E-state index in [-0.39, 0.29) is 22.6 Å². The maximum atomic E-state index is 13.6. The molecule has 5 nitrogen and oxygen atoms in total. The molecule has 2 fully saturated rings. The molecule has 28 heavy (non-hydrogen) atoms. The van der Waals surface area contributed by atoms with Gasteiger partial charge in [-0.1, -0.05) is 25.0 Å². The summed E-state index contributed by atoms with van der Waals surface area (Å²) < 4.78 is 13.6. The lowest BCUT2D eigenvalue weighted by Crippen LogP contribution is -2.44. The molecule has 2 N–H and O–H groups in total. The quantitative estimate of drug-likeness (QED) is 0.558. The summed E-state index contributed by atoms with van der Waals surface area (Å²) in [5.74, 6) is 0.737. The zero-order chi connectivity index (χ0) is 20.2. The number of carbonyl (C=O) groups excluding carboxylic acids is 1. The number of hydrogen-bond donors (Lipinski definition) is 2. The van der Waals surface area contributed by atoms with Gasteiger partial charge >= 0.3 is 0 Å². The van der Waals surface area contributed by atoms with Crippen LogP contribution in [0.1, 0.15) is 51.0 Å². The minimum Gasteiger partial charge on any atom is -0.357 e. The topological polar surface area (TPSA) is 56.7 Å². The van der Waals surface area contributed by atoms with Crippen molar-refractivity contribution in [3.05, 3.63) is 35.6 Å². The number of guanidine groups is 1. The third-order valence-corrected chi connectivity index (χ3v) is 6.19. The predicted molar refractivity (Wildman–Crippen MR) is 111 cm³/mol. The number of halogens is 1. The van der Waals surface area contributed by atoms with Crippen molar-refractivity contribution in [2.24, 2.45) is 10.4 Å². The highest BCUT2D eigenvalue weighted by Crippen LogP contribution is 2.47. The predicted octanol–water partition coefficient (Wildman–Crippen LogP) is 3.06. The smallest absolute Gasteiger partial charge is 0.230 e. The fraction of sp³-hybridized carbons (Fsp3) is 0.636. The first-order valence-corrected chi connectivity index (χ1v) is 10.4. The molecule has 0 saturated heterocycles.